The van der Waals surface area contributed by atoms with Crippen LogP contribution < -0.4 is 26.5 Å². The number of anilines is 1. The summed E-state index contributed by atoms with van der Waals surface area (Å²) in [6, 6.07) is 44.2. The van der Waals surface area contributed by atoms with Crippen LogP contribution in [0.4, 0.5) is 5.69 Å². The van der Waals surface area contributed by atoms with Crippen molar-refractivity contribution in [1.82, 2.24) is 5.32 Å². The molecule has 1 atom stereocenters. The molecular weight excluding hydrogens is 511 g/mol. The van der Waals surface area contributed by atoms with Crippen LogP contribution in [0.1, 0.15) is 28.3 Å². The summed E-state index contributed by atoms with van der Waals surface area (Å²) < 4.78 is 0. The second kappa shape index (κ2) is 12.5. The first-order chi connectivity index (χ1) is 19.5. The lowest BCUT2D eigenvalue weighted by atomic mass is 9.98. The summed E-state index contributed by atoms with van der Waals surface area (Å²) in [5, 5.41) is 9.44. The second-order valence-electron chi connectivity index (χ2n) is 9.60. The molecule has 0 aliphatic heterocycles. The van der Waals surface area contributed by atoms with E-state index in [2.05, 4.69) is 71.3 Å². The van der Waals surface area contributed by atoms with Gasteiger partial charge in [-0.15, -0.1) is 0 Å². The molecule has 5 aromatic rings. The van der Waals surface area contributed by atoms with E-state index in [1.807, 2.05) is 86.6 Å². The Kier molecular flexibility index (Phi) is 8.49. The molecule has 4 nitrogen and oxygen atoms in total. The molecule has 0 aliphatic rings. The lowest BCUT2D eigenvalue weighted by molar-refractivity contribution is -0.136. The van der Waals surface area contributed by atoms with E-state index in [4.69, 9.17) is 0 Å². The van der Waals surface area contributed by atoms with Crippen molar-refractivity contribution >= 4 is 41.3 Å². The average Bonchev–Trinajstić information content (AvgIpc) is 3.00. The highest BCUT2D eigenvalue weighted by molar-refractivity contribution is 7.79. The predicted octanol–water partition coefficient (Wildman–Crippen LogP) is 5.91. The van der Waals surface area contributed by atoms with E-state index in [1.165, 1.54) is 10.6 Å². The monoisotopic (exact) mass is 542 g/mol. The third-order valence-corrected chi connectivity index (χ3v) is 9.37. The van der Waals surface area contributed by atoms with Gasteiger partial charge in [-0.1, -0.05) is 133 Å². The fourth-order valence-electron chi connectivity index (χ4n) is 4.88. The van der Waals surface area contributed by atoms with E-state index < -0.39 is 25.8 Å². The van der Waals surface area contributed by atoms with Crippen LogP contribution in [0.25, 0.3) is 0 Å². The van der Waals surface area contributed by atoms with Crippen molar-refractivity contribution in [3.63, 3.8) is 0 Å². The summed E-state index contributed by atoms with van der Waals surface area (Å²) in [5.74, 6) is -1.38. The van der Waals surface area contributed by atoms with Crippen molar-refractivity contribution in [3.8, 4) is 0 Å². The van der Waals surface area contributed by atoms with Crippen LogP contribution >= 0.6 is 7.92 Å². The third-order valence-electron chi connectivity index (χ3n) is 6.85. The number of carbonyl (C=O) groups excluding carboxylic acids is 2. The maximum absolute atomic E-state index is 13.4. The fraction of sp³-hybridized carbons (Fsp3) is 0.0857. The number of nitrogens with one attached hydrogen (secondary N) is 2. The van der Waals surface area contributed by atoms with Gasteiger partial charge >= 0.3 is 11.8 Å². The number of amides is 2. The van der Waals surface area contributed by atoms with Crippen LogP contribution in [0.3, 0.4) is 0 Å². The van der Waals surface area contributed by atoms with E-state index in [0.29, 0.717) is 5.69 Å². The smallest absolute Gasteiger partial charge is 0.313 e. The van der Waals surface area contributed by atoms with Gasteiger partial charge in [0, 0.05) is 5.69 Å². The Morgan fingerprint density at radius 2 is 1.07 bits per heavy atom. The number of carbonyl (C=O) groups is 2. The van der Waals surface area contributed by atoms with Crippen LogP contribution in [0.2, 0.25) is 0 Å². The minimum absolute atomic E-state index is 0.522. The van der Waals surface area contributed by atoms with Gasteiger partial charge in [0.1, 0.15) is 0 Å². The Morgan fingerprint density at radius 3 is 1.65 bits per heavy atom. The number of rotatable bonds is 7. The Morgan fingerprint density at radius 1 is 0.575 bits per heavy atom. The first-order valence-electron chi connectivity index (χ1n) is 13.2. The van der Waals surface area contributed by atoms with E-state index in [9.17, 15) is 9.59 Å². The van der Waals surface area contributed by atoms with Crippen molar-refractivity contribution < 1.29 is 9.59 Å². The number of para-hydroxylation sites is 1. The topological polar surface area (TPSA) is 58.2 Å². The molecule has 0 heterocycles. The largest absolute Gasteiger partial charge is 0.337 e. The molecule has 0 spiro atoms. The molecule has 2 amide bonds. The van der Waals surface area contributed by atoms with Crippen molar-refractivity contribution in [2.24, 2.45) is 0 Å². The third kappa shape index (κ3) is 6.03. The standard InChI is InChI=1S/C35H31N2O2P/c1-25-15-14-16-26(2)32(25)36-34(38)35(39)37-33(27-17-6-3-7-18-27)30-23-12-13-24-31(30)40(28-19-8-4-9-20-28)29-21-10-5-11-22-29/h3-24,33H,1-2H3,(H,36,38)(H,37,39)/t33-/m1/s1. The molecule has 0 aromatic heterocycles. The molecule has 0 radical (unpaired) electrons. The highest BCUT2D eigenvalue weighted by Gasteiger charge is 2.27. The molecule has 0 unspecified atom stereocenters. The molecule has 2 N–H and O–H groups in total. The summed E-state index contributed by atoms with van der Waals surface area (Å²) >= 11 is 0. The lowest BCUT2D eigenvalue weighted by Crippen LogP contribution is -2.40. The lowest BCUT2D eigenvalue weighted by Gasteiger charge is -2.27. The first-order valence-corrected chi connectivity index (χ1v) is 14.6. The zero-order chi connectivity index (χ0) is 27.9. The summed E-state index contributed by atoms with van der Waals surface area (Å²) in [5.41, 5.74) is 4.33. The van der Waals surface area contributed by atoms with Crippen LogP contribution in [0, 0.1) is 13.8 Å². The molecule has 40 heavy (non-hydrogen) atoms. The molecule has 5 rings (SSSR count). The molecule has 0 bridgehead atoms. The van der Waals surface area contributed by atoms with Gasteiger partial charge in [0.05, 0.1) is 6.04 Å². The minimum atomic E-state index is -0.930. The zero-order valence-electron chi connectivity index (χ0n) is 22.5. The maximum atomic E-state index is 13.4. The van der Waals surface area contributed by atoms with Crippen LogP contribution in [-0.2, 0) is 9.59 Å². The van der Waals surface area contributed by atoms with Gasteiger partial charge < -0.3 is 10.6 Å². The number of benzene rings is 5. The Labute approximate surface area is 236 Å². The van der Waals surface area contributed by atoms with Crippen LogP contribution in [0.5, 0.6) is 0 Å². The van der Waals surface area contributed by atoms with Gasteiger partial charge in [-0.05, 0) is 59.9 Å². The summed E-state index contributed by atoms with van der Waals surface area (Å²) in [6.45, 7) is 3.83. The van der Waals surface area contributed by atoms with E-state index in [-0.39, 0.29) is 0 Å². The molecule has 0 saturated heterocycles. The van der Waals surface area contributed by atoms with Gasteiger partial charge in [0.2, 0.25) is 0 Å². The Balaban J connectivity index is 1.56. The van der Waals surface area contributed by atoms with Gasteiger partial charge in [0.25, 0.3) is 0 Å². The Bertz CT molecular complexity index is 1550. The molecule has 5 aromatic carbocycles. The predicted molar refractivity (Wildman–Crippen MR) is 166 cm³/mol. The summed E-state index contributed by atoms with van der Waals surface area (Å²) in [4.78, 5) is 26.6. The molecule has 0 aliphatic carbocycles. The maximum Gasteiger partial charge on any atom is 0.313 e. The van der Waals surface area contributed by atoms with Gasteiger partial charge in [-0.2, -0.15) is 0 Å². The van der Waals surface area contributed by atoms with Gasteiger partial charge in [-0.25, -0.2) is 0 Å². The van der Waals surface area contributed by atoms with Gasteiger partial charge in [0.15, 0.2) is 0 Å². The quantitative estimate of drug-likeness (QED) is 0.199. The van der Waals surface area contributed by atoms with Crippen LogP contribution in [-0.4, -0.2) is 11.8 Å². The highest BCUT2D eigenvalue weighted by Crippen LogP contribution is 2.36. The van der Waals surface area contributed by atoms with Crippen molar-refractivity contribution in [2.75, 3.05) is 5.32 Å². The van der Waals surface area contributed by atoms with E-state index >= 15 is 0 Å². The second-order valence-corrected chi connectivity index (χ2v) is 11.8. The summed E-state index contributed by atoms with van der Waals surface area (Å²) in [7, 11) is -0.930. The summed E-state index contributed by atoms with van der Waals surface area (Å²) in [6.07, 6.45) is 0. The minimum Gasteiger partial charge on any atom is -0.337 e. The van der Waals surface area contributed by atoms with Crippen LogP contribution in [0.15, 0.2) is 133 Å². The first kappa shape index (κ1) is 27.1. The van der Waals surface area contributed by atoms with E-state index in [1.54, 1.807) is 0 Å². The average molecular weight is 543 g/mol. The number of hydrogen-bond acceptors (Lipinski definition) is 2. The molecule has 0 saturated carbocycles. The molecule has 0 fully saturated rings. The molecular formula is C35H31N2O2P. The Hall–Kier alpha value is -4.53. The molecule has 198 valence electrons. The highest BCUT2D eigenvalue weighted by atomic mass is 31.1. The van der Waals surface area contributed by atoms with E-state index in [0.717, 1.165) is 27.6 Å². The molecule has 5 heteroatoms. The number of aryl methyl sites for hydroxylation is 2. The van der Waals surface area contributed by atoms with Gasteiger partial charge in [-0.3, -0.25) is 9.59 Å². The normalized spacial score (nSPS) is 11.6. The fourth-order valence-corrected chi connectivity index (χ4v) is 7.37. The van der Waals surface area contributed by atoms with Crippen molar-refractivity contribution in [2.45, 2.75) is 19.9 Å². The van der Waals surface area contributed by atoms with Crippen molar-refractivity contribution in [1.29, 1.82) is 0 Å². The van der Waals surface area contributed by atoms with Crippen molar-refractivity contribution in [3.05, 3.63) is 156 Å². The number of hydrogen-bond donors (Lipinski definition) is 2. The zero-order valence-corrected chi connectivity index (χ0v) is 23.4. The SMILES string of the molecule is Cc1cccc(C)c1NC(=O)C(=O)N[C@H](c1ccccc1)c1ccccc1P(c1ccccc1)c1ccccc1.